The van der Waals surface area contributed by atoms with Crippen LogP contribution in [0.3, 0.4) is 0 Å². The van der Waals surface area contributed by atoms with Crippen molar-refractivity contribution in [3.05, 3.63) is 24.4 Å². The summed E-state index contributed by atoms with van der Waals surface area (Å²) >= 11 is 0. The first-order valence-corrected chi connectivity index (χ1v) is 8.64. The number of hydrogen-bond acceptors (Lipinski definition) is 5. The maximum Gasteiger partial charge on any atom is 0.211 e. The van der Waals surface area contributed by atoms with E-state index in [2.05, 4.69) is 4.98 Å². The van der Waals surface area contributed by atoms with E-state index < -0.39 is 10.0 Å². The highest BCUT2D eigenvalue weighted by molar-refractivity contribution is 7.88. The molecule has 0 atom stereocenters. The van der Waals surface area contributed by atoms with Crippen molar-refractivity contribution in [1.82, 2.24) is 13.7 Å². The van der Waals surface area contributed by atoms with Crippen LogP contribution in [0.2, 0.25) is 0 Å². The summed E-state index contributed by atoms with van der Waals surface area (Å²) in [6, 6.07) is 5.56. The number of rotatable bonds is 3. The molecule has 0 saturated carbocycles. The van der Waals surface area contributed by atoms with E-state index >= 15 is 0 Å². The quantitative estimate of drug-likeness (QED) is 0.902. The molecule has 2 N–H and O–H groups in total. The first-order valence-electron chi connectivity index (χ1n) is 6.79. The van der Waals surface area contributed by atoms with Gasteiger partial charge in [-0.15, -0.1) is 0 Å². The van der Waals surface area contributed by atoms with Crippen molar-refractivity contribution in [3.63, 3.8) is 0 Å². The van der Waals surface area contributed by atoms with E-state index in [1.807, 2.05) is 18.2 Å². The molecule has 1 fully saturated rings. The summed E-state index contributed by atoms with van der Waals surface area (Å²) in [7, 11) is -3.11. The molecule has 0 amide bonds. The molecule has 7 nitrogen and oxygen atoms in total. The Morgan fingerprint density at radius 2 is 2.05 bits per heavy atom. The van der Waals surface area contributed by atoms with Gasteiger partial charge in [0.05, 0.1) is 12.5 Å². The molecule has 0 unspecified atom stereocenters. The van der Waals surface area contributed by atoms with Gasteiger partial charge in [-0.2, -0.15) is 0 Å². The molecule has 3 rings (SSSR count). The molecule has 0 radical (unpaired) electrons. The van der Waals surface area contributed by atoms with Crippen molar-refractivity contribution in [2.24, 2.45) is 0 Å². The summed E-state index contributed by atoms with van der Waals surface area (Å²) < 4.78 is 32.2. The van der Waals surface area contributed by atoms with Gasteiger partial charge < -0.3 is 10.5 Å². The van der Waals surface area contributed by atoms with Crippen LogP contribution in [-0.4, -0.2) is 47.6 Å². The minimum Gasteiger partial charge on any atom is -0.475 e. The average Bonchev–Trinajstić information content (AvgIpc) is 2.81. The Morgan fingerprint density at radius 3 is 2.71 bits per heavy atom. The third-order valence-electron chi connectivity index (χ3n) is 3.68. The van der Waals surface area contributed by atoms with Gasteiger partial charge in [-0.1, -0.05) is 6.07 Å². The Kier molecular flexibility index (Phi) is 3.50. The lowest BCUT2D eigenvalue weighted by molar-refractivity contribution is 0.129. The van der Waals surface area contributed by atoms with Crippen LogP contribution in [0.5, 0.6) is 5.88 Å². The van der Waals surface area contributed by atoms with Gasteiger partial charge in [-0.05, 0) is 25.0 Å². The minimum atomic E-state index is -3.11. The van der Waals surface area contributed by atoms with Crippen molar-refractivity contribution in [2.75, 3.05) is 25.1 Å². The average molecular weight is 310 g/mol. The minimum absolute atomic E-state index is 0.0181. The van der Waals surface area contributed by atoms with Crippen molar-refractivity contribution in [1.29, 1.82) is 0 Å². The third kappa shape index (κ3) is 2.81. The van der Waals surface area contributed by atoms with Crippen LogP contribution in [0.4, 0.5) is 5.82 Å². The SMILES string of the molecule is CS(=O)(=O)N1CCC(Oc2cccc3ncc(N)n23)CC1. The molecule has 1 aliphatic heterocycles. The molecule has 0 bridgehead atoms. The fraction of sp³-hybridized carbons (Fsp3) is 0.462. The summed E-state index contributed by atoms with van der Waals surface area (Å²) in [4.78, 5) is 4.19. The Balaban J connectivity index is 1.74. The second kappa shape index (κ2) is 5.19. The number of aromatic nitrogens is 2. The Morgan fingerprint density at radius 1 is 1.33 bits per heavy atom. The first-order chi connectivity index (χ1) is 9.95. The molecule has 0 aliphatic carbocycles. The molecule has 0 aromatic carbocycles. The number of imidazole rings is 1. The van der Waals surface area contributed by atoms with E-state index in [9.17, 15) is 8.42 Å². The zero-order valence-corrected chi connectivity index (χ0v) is 12.6. The van der Waals surface area contributed by atoms with Gasteiger partial charge >= 0.3 is 0 Å². The largest absolute Gasteiger partial charge is 0.475 e. The van der Waals surface area contributed by atoms with E-state index in [1.54, 1.807) is 10.6 Å². The predicted octanol–water partition coefficient (Wildman–Crippen LogP) is 0.719. The van der Waals surface area contributed by atoms with Crippen LogP contribution in [-0.2, 0) is 10.0 Å². The summed E-state index contributed by atoms with van der Waals surface area (Å²) in [5.74, 6) is 1.16. The number of ether oxygens (including phenoxy) is 1. The number of anilines is 1. The van der Waals surface area contributed by atoms with E-state index in [4.69, 9.17) is 10.5 Å². The number of pyridine rings is 1. The molecule has 1 saturated heterocycles. The number of fused-ring (bicyclic) bond motifs is 1. The molecule has 3 heterocycles. The standard InChI is InChI=1S/C13H18N4O3S/c1-21(18,19)16-7-5-10(6-8-16)20-13-4-2-3-12-15-9-11(14)17(12)13/h2-4,9-10H,5-8,14H2,1H3. The van der Waals surface area contributed by atoms with Gasteiger partial charge in [0.15, 0.2) is 0 Å². The third-order valence-corrected chi connectivity index (χ3v) is 4.98. The van der Waals surface area contributed by atoms with E-state index in [0.29, 0.717) is 37.6 Å². The molecule has 2 aromatic rings. The first kappa shape index (κ1) is 14.2. The van der Waals surface area contributed by atoms with Crippen molar-refractivity contribution in [2.45, 2.75) is 18.9 Å². The topological polar surface area (TPSA) is 89.9 Å². The second-order valence-electron chi connectivity index (χ2n) is 5.22. The lowest BCUT2D eigenvalue weighted by atomic mass is 10.1. The van der Waals surface area contributed by atoms with Crippen molar-refractivity contribution < 1.29 is 13.2 Å². The van der Waals surface area contributed by atoms with Crippen LogP contribution >= 0.6 is 0 Å². The Labute approximate surface area is 123 Å². The molecular formula is C13H18N4O3S. The molecule has 2 aromatic heterocycles. The van der Waals surface area contributed by atoms with E-state index in [0.717, 1.165) is 5.65 Å². The lowest BCUT2D eigenvalue weighted by Gasteiger charge is -2.30. The van der Waals surface area contributed by atoms with Crippen LogP contribution in [0.1, 0.15) is 12.8 Å². The van der Waals surface area contributed by atoms with Gasteiger partial charge in [0.25, 0.3) is 0 Å². The normalized spacial score (nSPS) is 18.1. The predicted molar refractivity (Wildman–Crippen MR) is 79.7 cm³/mol. The molecule has 8 heteroatoms. The second-order valence-corrected chi connectivity index (χ2v) is 7.20. The number of sulfonamides is 1. The smallest absolute Gasteiger partial charge is 0.211 e. The highest BCUT2D eigenvalue weighted by Crippen LogP contribution is 2.23. The van der Waals surface area contributed by atoms with Gasteiger partial charge in [-0.25, -0.2) is 22.1 Å². The number of nitrogen functional groups attached to an aromatic ring is 1. The summed E-state index contributed by atoms with van der Waals surface area (Å²) in [5, 5.41) is 0. The van der Waals surface area contributed by atoms with Crippen molar-refractivity contribution in [3.8, 4) is 5.88 Å². The highest BCUT2D eigenvalue weighted by atomic mass is 32.2. The molecule has 21 heavy (non-hydrogen) atoms. The Bertz CT molecular complexity index is 748. The monoisotopic (exact) mass is 310 g/mol. The number of nitrogens with zero attached hydrogens (tertiary/aromatic N) is 3. The maximum atomic E-state index is 11.5. The van der Waals surface area contributed by atoms with E-state index in [1.165, 1.54) is 10.6 Å². The van der Waals surface area contributed by atoms with Crippen molar-refractivity contribution >= 4 is 21.5 Å². The highest BCUT2D eigenvalue weighted by Gasteiger charge is 2.26. The fourth-order valence-corrected chi connectivity index (χ4v) is 3.45. The molecular weight excluding hydrogens is 292 g/mol. The summed E-state index contributed by atoms with van der Waals surface area (Å²) in [5.41, 5.74) is 6.63. The summed E-state index contributed by atoms with van der Waals surface area (Å²) in [6.07, 6.45) is 4.14. The zero-order valence-electron chi connectivity index (χ0n) is 11.8. The molecule has 0 spiro atoms. The van der Waals surface area contributed by atoms with Crippen LogP contribution in [0.15, 0.2) is 24.4 Å². The lowest BCUT2D eigenvalue weighted by Crippen LogP contribution is -2.41. The number of hydrogen-bond donors (Lipinski definition) is 1. The van der Waals surface area contributed by atoms with Gasteiger partial charge in [-0.3, -0.25) is 0 Å². The summed E-state index contributed by atoms with van der Waals surface area (Å²) in [6.45, 7) is 0.970. The fourth-order valence-electron chi connectivity index (χ4n) is 2.57. The van der Waals surface area contributed by atoms with Gasteiger partial charge in [0.2, 0.25) is 15.9 Å². The molecule has 114 valence electrons. The van der Waals surface area contributed by atoms with Gasteiger partial charge in [0.1, 0.15) is 17.6 Å². The van der Waals surface area contributed by atoms with Crippen LogP contribution in [0, 0.1) is 0 Å². The van der Waals surface area contributed by atoms with E-state index in [-0.39, 0.29) is 6.10 Å². The number of piperidine rings is 1. The van der Waals surface area contributed by atoms with Gasteiger partial charge in [0, 0.05) is 13.1 Å². The van der Waals surface area contributed by atoms with Crippen LogP contribution in [0.25, 0.3) is 5.65 Å². The number of nitrogens with two attached hydrogens (primary N) is 1. The van der Waals surface area contributed by atoms with Crippen LogP contribution < -0.4 is 10.5 Å². The zero-order chi connectivity index (χ0) is 15.0. The Hall–Kier alpha value is -1.80. The maximum absolute atomic E-state index is 11.5. The molecule has 1 aliphatic rings.